The minimum absolute atomic E-state index is 0. The van der Waals surface area contributed by atoms with Gasteiger partial charge in [-0.15, -0.1) is 12.4 Å². The van der Waals surface area contributed by atoms with Crippen LogP contribution in [0.4, 0.5) is 0 Å². The number of rotatable bonds is 5. The molecule has 0 atom stereocenters. The molecule has 0 fully saturated rings. The van der Waals surface area contributed by atoms with Crippen LogP contribution in [-0.2, 0) is 6.54 Å². The standard InChI is InChI=1S/C20H20N2O2.ClH/c1-22(10-2-3-16-4-6-17(14-21)7-5-16)15-18-8-9-19-20(13-18)24-12-11-23-19;/h2-9,13H,10-12,15H2,1H3;1H/b3-2+;. The molecule has 130 valence electrons. The second-order valence-electron chi connectivity index (χ2n) is 5.81. The fourth-order valence-corrected chi connectivity index (χ4v) is 2.60. The summed E-state index contributed by atoms with van der Waals surface area (Å²) in [5.41, 5.74) is 2.98. The molecule has 0 radical (unpaired) electrons. The molecule has 0 N–H and O–H groups in total. The summed E-state index contributed by atoms with van der Waals surface area (Å²) in [5.74, 6) is 1.66. The first-order chi connectivity index (χ1) is 11.7. The smallest absolute Gasteiger partial charge is 0.161 e. The molecule has 0 saturated heterocycles. The van der Waals surface area contributed by atoms with Gasteiger partial charge in [0.2, 0.25) is 0 Å². The molecular formula is C20H21ClN2O2. The Balaban J connectivity index is 0.00000225. The summed E-state index contributed by atoms with van der Waals surface area (Å²) < 4.78 is 11.2. The van der Waals surface area contributed by atoms with E-state index in [9.17, 15) is 0 Å². The van der Waals surface area contributed by atoms with Gasteiger partial charge < -0.3 is 9.47 Å². The van der Waals surface area contributed by atoms with Gasteiger partial charge in [-0.2, -0.15) is 5.26 Å². The van der Waals surface area contributed by atoms with E-state index in [-0.39, 0.29) is 12.4 Å². The Morgan fingerprint density at radius 1 is 1.08 bits per heavy atom. The summed E-state index contributed by atoms with van der Waals surface area (Å²) in [4.78, 5) is 2.23. The highest BCUT2D eigenvalue weighted by Crippen LogP contribution is 2.30. The lowest BCUT2D eigenvalue weighted by Crippen LogP contribution is -2.19. The van der Waals surface area contributed by atoms with Crippen LogP contribution in [0.1, 0.15) is 16.7 Å². The van der Waals surface area contributed by atoms with Gasteiger partial charge in [-0.3, -0.25) is 4.90 Å². The number of nitriles is 1. The zero-order valence-corrected chi connectivity index (χ0v) is 15.0. The number of ether oxygens (including phenoxy) is 2. The van der Waals surface area contributed by atoms with Gasteiger partial charge in [-0.1, -0.05) is 30.4 Å². The molecule has 0 aliphatic carbocycles. The van der Waals surface area contributed by atoms with Crippen molar-refractivity contribution in [2.75, 3.05) is 26.8 Å². The van der Waals surface area contributed by atoms with Gasteiger partial charge >= 0.3 is 0 Å². The van der Waals surface area contributed by atoms with Crippen LogP contribution in [0.2, 0.25) is 0 Å². The summed E-state index contributed by atoms with van der Waals surface area (Å²) in [5, 5.41) is 8.80. The zero-order chi connectivity index (χ0) is 16.8. The average Bonchev–Trinajstić information content (AvgIpc) is 2.62. The largest absolute Gasteiger partial charge is 0.486 e. The Hall–Kier alpha value is -2.48. The van der Waals surface area contributed by atoms with E-state index in [0.717, 1.165) is 30.2 Å². The van der Waals surface area contributed by atoms with E-state index >= 15 is 0 Å². The Morgan fingerprint density at radius 2 is 1.80 bits per heavy atom. The molecule has 3 rings (SSSR count). The fourth-order valence-electron chi connectivity index (χ4n) is 2.60. The van der Waals surface area contributed by atoms with Crippen molar-refractivity contribution in [2.24, 2.45) is 0 Å². The van der Waals surface area contributed by atoms with Gasteiger partial charge in [0.1, 0.15) is 13.2 Å². The molecule has 0 aromatic heterocycles. The lowest BCUT2D eigenvalue weighted by Gasteiger charge is -2.20. The summed E-state index contributed by atoms with van der Waals surface area (Å²) in [7, 11) is 2.08. The van der Waals surface area contributed by atoms with Crippen LogP contribution in [0.25, 0.3) is 6.08 Å². The maximum atomic E-state index is 8.80. The van der Waals surface area contributed by atoms with Crippen LogP contribution in [0.5, 0.6) is 11.5 Å². The monoisotopic (exact) mass is 356 g/mol. The molecule has 0 saturated carbocycles. The van der Waals surface area contributed by atoms with E-state index in [4.69, 9.17) is 14.7 Å². The van der Waals surface area contributed by atoms with Crippen molar-refractivity contribution < 1.29 is 9.47 Å². The SMILES string of the molecule is CN(C/C=C/c1ccc(C#N)cc1)Cc1ccc2c(c1)OCCO2.Cl. The van der Waals surface area contributed by atoms with Crippen LogP contribution in [0.3, 0.4) is 0 Å². The van der Waals surface area contributed by atoms with Crippen molar-refractivity contribution in [3.8, 4) is 17.6 Å². The third kappa shape index (κ3) is 5.25. The van der Waals surface area contributed by atoms with Gasteiger partial charge in [0.15, 0.2) is 11.5 Å². The first-order valence-electron chi connectivity index (χ1n) is 7.98. The van der Waals surface area contributed by atoms with Crippen molar-refractivity contribution in [2.45, 2.75) is 6.54 Å². The number of hydrogen-bond donors (Lipinski definition) is 0. The summed E-state index contributed by atoms with van der Waals surface area (Å²) in [6, 6.07) is 15.8. The second-order valence-corrected chi connectivity index (χ2v) is 5.81. The highest BCUT2D eigenvalue weighted by Gasteiger charge is 2.12. The van der Waals surface area contributed by atoms with E-state index < -0.39 is 0 Å². The topological polar surface area (TPSA) is 45.5 Å². The van der Waals surface area contributed by atoms with E-state index in [1.807, 2.05) is 30.3 Å². The zero-order valence-electron chi connectivity index (χ0n) is 14.1. The number of nitrogens with zero attached hydrogens (tertiary/aromatic N) is 2. The van der Waals surface area contributed by atoms with Gasteiger partial charge in [0.05, 0.1) is 11.6 Å². The molecule has 1 aliphatic rings. The Bertz CT molecular complexity index is 766. The number of likely N-dealkylation sites (N-methyl/N-ethyl adjacent to an activating group) is 1. The molecular weight excluding hydrogens is 336 g/mol. The van der Waals surface area contributed by atoms with Crippen molar-refractivity contribution in [1.82, 2.24) is 4.90 Å². The molecule has 2 aromatic carbocycles. The van der Waals surface area contributed by atoms with E-state index in [1.54, 1.807) is 0 Å². The van der Waals surface area contributed by atoms with Crippen molar-refractivity contribution in [3.63, 3.8) is 0 Å². The number of benzene rings is 2. The molecule has 0 spiro atoms. The first-order valence-corrected chi connectivity index (χ1v) is 7.98. The van der Waals surface area contributed by atoms with Gasteiger partial charge in [-0.05, 0) is 42.4 Å². The summed E-state index contributed by atoms with van der Waals surface area (Å²) in [6.45, 7) is 2.91. The molecule has 0 unspecified atom stereocenters. The number of halogens is 1. The second kappa shape index (κ2) is 9.12. The molecule has 25 heavy (non-hydrogen) atoms. The number of fused-ring (bicyclic) bond motifs is 1. The third-order valence-corrected chi connectivity index (χ3v) is 3.83. The molecule has 2 aromatic rings. The van der Waals surface area contributed by atoms with Gasteiger partial charge in [0, 0.05) is 13.1 Å². The van der Waals surface area contributed by atoms with Gasteiger partial charge in [0.25, 0.3) is 0 Å². The predicted octanol–water partition coefficient (Wildman–Crippen LogP) is 3.90. The molecule has 1 aliphatic heterocycles. The number of hydrogen-bond acceptors (Lipinski definition) is 4. The highest BCUT2D eigenvalue weighted by molar-refractivity contribution is 5.85. The van der Waals surface area contributed by atoms with E-state index in [1.165, 1.54) is 5.56 Å². The lowest BCUT2D eigenvalue weighted by atomic mass is 10.1. The average molecular weight is 357 g/mol. The van der Waals surface area contributed by atoms with Crippen molar-refractivity contribution in [1.29, 1.82) is 5.26 Å². The summed E-state index contributed by atoms with van der Waals surface area (Å²) in [6.07, 6.45) is 4.20. The van der Waals surface area contributed by atoms with E-state index in [0.29, 0.717) is 18.8 Å². The highest BCUT2D eigenvalue weighted by atomic mass is 35.5. The van der Waals surface area contributed by atoms with Crippen LogP contribution >= 0.6 is 12.4 Å². The maximum Gasteiger partial charge on any atom is 0.161 e. The van der Waals surface area contributed by atoms with Crippen molar-refractivity contribution >= 4 is 18.5 Å². The van der Waals surface area contributed by atoms with E-state index in [2.05, 4.69) is 42.3 Å². The summed E-state index contributed by atoms with van der Waals surface area (Å²) >= 11 is 0. The maximum absolute atomic E-state index is 8.80. The first kappa shape index (κ1) is 18.9. The van der Waals surface area contributed by atoms with Crippen LogP contribution in [-0.4, -0.2) is 31.7 Å². The molecule has 0 amide bonds. The van der Waals surface area contributed by atoms with Gasteiger partial charge in [-0.25, -0.2) is 0 Å². The minimum atomic E-state index is 0. The quantitative estimate of drug-likeness (QED) is 0.815. The predicted molar refractivity (Wildman–Crippen MR) is 101 cm³/mol. The van der Waals surface area contributed by atoms with Crippen LogP contribution in [0, 0.1) is 11.3 Å². The Labute approximate surface area is 154 Å². The minimum Gasteiger partial charge on any atom is -0.486 e. The Morgan fingerprint density at radius 3 is 2.52 bits per heavy atom. The fraction of sp³-hybridized carbons (Fsp3) is 0.250. The van der Waals surface area contributed by atoms with Crippen LogP contribution in [0.15, 0.2) is 48.5 Å². The normalized spacial score (nSPS) is 12.7. The third-order valence-electron chi connectivity index (χ3n) is 3.83. The molecule has 0 bridgehead atoms. The Kier molecular flexibility index (Phi) is 6.88. The molecule has 4 nitrogen and oxygen atoms in total. The van der Waals surface area contributed by atoms with Crippen LogP contribution < -0.4 is 9.47 Å². The van der Waals surface area contributed by atoms with Crippen molar-refractivity contribution in [3.05, 3.63) is 65.2 Å². The lowest BCUT2D eigenvalue weighted by molar-refractivity contribution is 0.171. The molecule has 1 heterocycles. The molecule has 5 heteroatoms.